The number of nitrogens with one attached hydrogen (secondary N) is 1. The van der Waals surface area contributed by atoms with Crippen molar-refractivity contribution in [2.24, 2.45) is 0 Å². The van der Waals surface area contributed by atoms with Crippen molar-refractivity contribution in [2.45, 2.75) is 64.1 Å². The van der Waals surface area contributed by atoms with E-state index in [9.17, 15) is 0 Å². The van der Waals surface area contributed by atoms with Crippen LogP contribution in [0.1, 0.15) is 62.6 Å². The molecule has 2 atom stereocenters. The van der Waals surface area contributed by atoms with Gasteiger partial charge >= 0.3 is 0 Å². The Balaban J connectivity index is 1.71. The number of para-hydroxylation sites is 1. The fourth-order valence-electron chi connectivity index (χ4n) is 4.46. The first kappa shape index (κ1) is 20.9. The molecular formula is C25H36N2O. The number of likely N-dealkylation sites (tertiary alicyclic amines) is 1. The number of piperidine rings is 1. The van der Waals surface area contributed by atoms with Gasteiger partial charge in [-0.1, -0.05) is 74.7 Å². The van der Waals surface area contributed by atoms with Crippen LogP contribution in [-0.2, 0) is 6.54 Å². The van der Waals surface area contributed by atoms with Crippen LogP contribution in [0.2, 0.25) is 0 Å². The average molecular weight is 381 g/mol. The fraction of sp³-hybridized carbons (Fsp3) is 0.520. The Morgan fingerprint density at radius 3 is 2.57 bits per heavy atom. The summed E-state index contributed by atoms with van der Waals surface area (Å²) in [6.07, 6.45) is 7.77. The van der Waals surface area contributed by atoms with Crippen LogP contribution >= 0.6 is 0 Å². The number of benzene rings is 2. The summed E-state index contributed by atoms with van der Waals surface area (Å²) in [6.45, 7) is 5.54. The monoisotopic (exact) mass is 380 g/mol. The van der Waals surface area contributed by atoms with Gasteiger partial charge < -0.3 is 10.1 Å². The Morgan fingerprint density at radius 2 is 1.79 bits per heavy atom. The smallest absolute Gasteiger partial charge is 0.123 e. The first-order valence-corrected chi connectivity index (χ1v) is 11.0. The van der Waals surface area contributed by atoms with Crippen molar-refractivity contribution < 1.29 is 4.74 Å². The summed E-state index contributed by atoms with van der Waals surface area (Å²) < 4.78 is 5.54. The number of unbranched alkanes of at least 4 members (excludes halogenated alkanes) is 3. The zero-order valence-electron chi connectivity index (χ0n) is 17.6. The van der Waals surface area contributed by atoms with E-state index in [1.165, 1.54) is 62.7 Å². The van der Waals surface area contributed by atoms with Gasteiger partial charge in [-0.25, -0.2) is 0 Å². The van der Waals surface area contributed by atoms with E-state index in [1.54, 1.807) is 7.11 Å². The van der Waals surface area contributed by atoms with Crippen LogP contribution in [0.5, 0.6) is 5.75 Å². The number of hydrogen-bond acceptors (Lipinski definition) is 3. The van der Waals surface area contributed by atoms with Gasteiger partial charge in [-0.3, -0.25) is 4.90 Å². The third-order valence-electron chi connectivity index (χ3n) is 5.92. The third kappa shape index (κ3) is 5.59. The summed E-state index contributed by atoms with van der Waals surface area (Å²) in [5.74, 6) is 0.971. The van der Waals surface area contributed by atoms with Crippen LogP contribution in [0.4, 0.5) is 0 Å². The van der Waals surface area contributed by atoms with Gasteiger partial charge in [0.1, 0.15) is 5.75 Å². The molecule has 0 saturated carbocycles. The molecule has 28 heavy (non-hydrogen) atoms. The van der Waals surface area contributed by atoms with Crippen LogP contribution in [0.15, 0.2) is 54.6 Å². The second kappa shape index (κ2) is 11.2. The molecule has 1 heterocycles. The van der Waals surface area contributed by atoms with E-state index in [-0.39, 0.29) is 0 Å². The molecule has 1 fully saturated rings. The van der Waals surface area contributed by atoms with Crippen molar-refractivity contribution in [2.75, 3.05) is 20.2 Å². The molecule has 152 valence electrons. The summed E-state index contributed by atoms with van der Waals surface area (Å²) in [6, 6.07) is 20.3. The van der Waals surface area contributed by atoms with Crippen LogP contribution in [0.25, 0.3) is 0 Å². The molecule has 2 aromatic rings. The molecule has 0 amide bonds. The molecule has 0 aromatic heterocycles. The highest BCUT2D eigenvalue weighted by Crippen LogP contribution is 2.32. The first-order valence-electron chi connectivity index (χ1n) is 11.0. The van der Waals surface area contributed by atoms with Crippen molar-refractivity contribution in [3.05, 3.63) is 65.7 Å². The zero-order valence-corrected chi connectivity index (χ0v) is 17.6. The molecule has 1 saturated heterocycles. The second-order valence-corrected chi connectivity index (χ2v) is 7.89. The van der Waals surface area contributed by atoms with Crippen molar-refractivity contribution in [1.29, 1.82) is 0 Å². The quantitative estimate of drug-likeness (QED) is 0.545. The lowest BCUT2D eigenvalue weighted by Gasteiger charge is -2.42. The Bertz CT molecular complexity index is 688. The van der Waals surface area contributed by atoms with Gasteiger partial charge in [0.25, 0.3) is 0 Å². The predicted octanol–water partition coefficient (Wildman–Crippen LogP) is 5.57. The molecule has 2 unspecified atom stereocenters. The van der Waals surface area contributed by atoms with Crippen molar-refractivity contribution in [3.8, 4) is 5.75 Å². The number of ether oxygens (including phenoxy) is 1. The maximum atomic E-state index is 5.54. The predicted molar refractivity (Wildman–Crippen MR) is 118 cm³/mol. The van der Waals surface area contributed by atoms with E-state index in [2.05, 4.69) is 59.6 Å². The van der Waals surface area contributed by atoms with Gasteiger partial charge in [-0.15, -0.1) is 0 Å². The lowest BCUT2D eigenvalue weighted by molar-refractivity contribution is 0.108. The molecule has 1 aliphatic rings. The highest BCUT2D eigenvalue weighted by molar-refractivity contribution is 5.33. The molecule has 0 bridgehead atoms. The number of hydrogen-bond donors (Lipinski definition) is 1. The van der Waals surface area contributed by atoms with Crippen molar-refractivity contribution in [3.63, 3.8) is 0 Å². The van der Waals surface area contributed by atoms with E-state index in [4.69, 9.17) is 4.74 Å². The average Bonchev–Trinajstić information content (AvgIpc) is 2.76. The Kier molecular flexibility index (Phi) is 8.38. The largest absolute Gasteiger partial charge is 0.496 e. The minimum absolute atomic E-state index is 0.450. The summed E-state index contributed by atoms with van der Waals surface area (Å²) in [7, 11) is 1.75. The molecule has 2 aromatic carbocycles. The molecule has 3 nitrogen and oxygen atoms in total. The van der Waals surface area contributed by atoms with Crippen LogP contribution in [0.3, 0.4) is 0 Å². The van der Waals surface area contributed by atoms with Gasteiger partial charge in [0, 0.05) is 18.2 Å². The summed E-state index contributed by atoms with van der Waals surface area (Å²) in [5.41, 5.74) is 2.67. The van der Waals surface area contributed by atoms with Crippen molar-refractivity contribution in [1.82, 2.24) is 10.2 Å². The molecule has 0 aliphatic carbocycles. The highest BCUT2D eigenvalue weighted by Gasteiger charge is 2.32. The summed E-state index contributed by atoms with van der Waals surface area (Å²) in [4.78, 5) is 2.72. The topological polar surface area (TPSA) is 24.5 Å². The molecular weight excluding hydrogens is 344 g/mol. The van der Waals surface area contributed by atoms with E-state index in [0.29, 0.717) is 12.1 Å². The van der Waals surface area contributed by atoms with Crippen LogP contribution in [0, 0.1) is 0 Å². The standard InChI is InChI=1S/C25H36N2O/c1-3-4-5-11-18-27-19-12-16-23(25(27)21-13-7-6-8-14-21)26-20-22-15-9-10-17-24(22)28-2/h6-10,13-15,17,23,25-26H,3-5,11-12,16,18-20H2,1-2H3. The lowest BCUT2D eigenvalue weighted by atomic mass is 9.89. The summed E-state index contributed by atoms with van der Waals surface area (Å²) >= 11 is 0. The van der Waals surface area contributed by atoms with E-state index < -0.39 is 0 Å². The second-order valence-electron chi connectivity index (χ2n) is 7.89. The maximum absolute atomic E-state index is 5.54. The number of nitrogens with zero attached hydrogens (tertiary/aromatic N) is 1. The van der Waals surface area contributed by atoms with Gasteiger partial charge in [-0.05, 0) is 44.0 Å². The highest BCUT2D eigenvalue weighted by atomic mass is 16.5. The SMILES string of the molecule is CCCCCCN1CCCC(NCc2ccccc2OC)C1c1ccccc1. The van der Waals surface area contributed by atoms with Crippen LogP contribution < -0.4 is 10.1 Å². The fourth-order valence-corrected chi connectivity index (χ4v) is 4.46. The number of rotatable bonds is 10. The van der Waals surface area contributed by atoms with E-state index in [0.717, 1.165) is 12.3 Å². The van der Waals surface area contributed by atoms with E-state index >= 15 is 0 Å². The maximum Gasteiger partial charge on any atom is 0.123 e. The molecule has 3 rings (SSSR count). The Morgan fingerprint density at radius 1 is 1.00 bits per heavy atom. The Hall–Kier alpha value is -1.84. The molecule has 3 heteroatoms. The minimum atomic E-state index is 0.450. The molecule has 1 N–H and O–H groups in total. The molecule has 0 spiro atoms. The van der Waals surface area contributed by atoms with Gasteiger partial charge in [0.05, 0.1) is 13.2 Å². The van der Waals surface area contributed by atoms with Crippen LogP contribution in [-0.4, -0.2) is 31.1 Å². The van der Waals surface area contributed by atoms with Crippen molar-refractivity contribution >= 4 is 0 Å². The zero-order chi connectivity index (χ0) is 19.6. The normalized spacial score (nSPS) is 20.2. The lowest BCUT2D eigenvalue weighted by Crippen LogP contribution is -2.48. The summed E-state index contributed by atoms with van der Waals surface area (Å²) in [5, 5.41) is 3.87. The molecule has 0 radical (unpaired) electrons. The minimum Gasteiger partial charge on any atom is -0.496 e. The molecule has 1 aliphatic heterocycles. The van der Waals surface area contributed by atoms with Gasteiger partial charge in [0.15, 0.2) is 0 Å². The van der Waals surface area contributed by atoms with Gasteiger partial charge in [-0.2, -0.15) is 0 Å². The third-order valence-corrected chi connectivity index (χ3v) is 5.92. The van der Waals surface area contributed by atoms with E-state index in [1.807, 2.05) is 12.1 Å². The Labute approximate surface area is 171 Å². The van der Waals surface area contributed by atoms with Gasteiger partial charge in [0.2, 0.25) is 0 Å². The number of methoxy groups -OCH3 is 1. The first-order chi connectivity index (χ1) is 13.8.